The first-order valence-corrected chi connectivity index (χ1v) is 9.87. The lowest BCUT2D eigenvalue weighted by Gasteiger charge is -2.31. The van der Waals surface area contributed by atoms with Crippen molar-refractivity contribution in [2.45, 2.75) is 10.8 Å². The van der Waals surface area contributed by atoms with Crippen LogP contribution in [-0.4, -0.2) is 38.9 Å². The number of sulfonamides is 1. The van der Waals surface area contributed by atoms with E-state index in [1.54, 1.807) is 21.8 Å². The van der Waals surface area contributed by atoms with Gasteiger partial charge < -0.3 is 4.90 Å². The maximum absolute atomic E-state index is 12.5. The Labute approximate surface area is 140 Å². The lowest BCUT2D eigenvalue weighted by atomic mass is 10.2. The van der Waals surface area contributed by atoms with Gasteiger partial charge in [0.05, 0.1) is 26.2 Å². The van der Waals surface area contributed by atoms with E-state index in [-0.39, 0.29) is 0 Å². The van der Waals surface area contributed by atoms with Gasteiger partial charge in [-0.05, 0) is 23.6 Å². The van der Waals surface area contributed by atoms with Crippen LogP contribution < -0.4 is 4.90 Å². The predicted octanol–water partition coefficient (Wildman–Crippen LogP) is 1.49. The Bertz CT molecular complexity index is 724. The summed E-state index contributed by atoms with van der Waals surface area (Å²) < 4.78 is 27.0. The van der Waals surface area contributed by atoms with Gasteiger partial charge in [-0.3, -0.25) is 0 Å². The van der Waals surface area contributed by atoms with Crippen molar-refractivity contribution in [2.24, 2.45) is 0 Å². The summed E-state index contributed by atoms with van der Waals surface area (Å²) in [7, 11) is -3.30. The maximum atomic E-state index is 12.5. The van der Waals surface area contributed by atoms with Gasteiger partial charge in [0.1, 0.15) is 10.8 Å². The molecule has 1 aromatic heterocycles. The molecule has 2 heterocycles. The number of quaternary nitrogens is 1. The molecule has 4 nitrogen and oxygen atoms in total. The third-order valence-electron chi connectivity index (χ3n) is 3.86. The van der Waals surface area contributed by atoms with Gasteiger partial charge in [0.15, 0.2) is 0 Å². The number of halogens is 1. The number of nitrogens with one attached hydrogen (secondary N) is 1. The van der Waals surface area contributed by atoms with Gasteiger partial charge >= 0.3 is 0 Å². The summed E-state index contributed by atoms with van der Waals surface area (Å²) >= 11 is 7.28. The zero-order valence-electron chi connectivity index (χ0n) is 12.0. The van der Waals surface area contributed by atoms with E-state index in [4.69, 9.17) is 11.6 Å². The largest absolute Gasteiger partial charge is 0.329 e. The van der Waals surface area contributed by atoms with Crippen molar-refractivity contribution >= 4 is 33.0 Å². The Morgan fingerprint density at radius 3 is 2.59 bits per heavy atom. The summed E-state index contributed by atoms with van der Waals surface area (Å²) in [6, 6.07) is 11.3. The fraction of sp³-hybridized carbons (Fsp3) is 0.333. The zero-order valence-corrected chi connectivity index (χ0v) is 14.4. The van der Waals surface area contributed by atoms with Crippen LogP contribution in [0.25, 0.3) is 0 Å². The minimum Gasteiger partial charge on any atom is -0.329 e. The fourth-order valence-corrected chi connectivity index (χ4v) is 5.49. The quantitative estimate of drug-likeness (QED) is 0.900. The Morgan fingerprint density at radius 2 is 1.95 bits per heavy atom. The van der Waals surface area contributed by atoms with E-state index < -0.39 is 10.0 Å². The second-order valence-corrected chi connectivity index (χ2v) is 8.94. The molecule has 0 aliphatic carbocycles. The lowest BCUT2D eigenvalue weighted by Crippen LogP contribution is -3.13. The van der Waals surface area contributed by atoms with E-state index in [1.807, 2.05) is 18.2 Å². The van der Waals surface area contributed by atoms with Crippen LogP contribution in [0, 0.1) is 0 Å². The topological polar surface area (TPSA) is 41.8 Å². The number of rotatable bonds is 4. The van der Waals surface area contributed by atoms with Gasteiger partial charge in [-0.15, -0.1) is 11.3 Å². The normalized spacial score (nSPS) is 17.7. The molecular weight excluding hydrogens is 340 g/mol. The monoisotopic (exact) mass is 357 g/mol. The highest BCUT2D eigenvalue weighted by atomic mass is 35.5. The molecule has 22 heavy (non-hydrogen) atoms. The van der Waals surface area contributed by atoms with E-state index in [0.717, 1.165) is 24.7 Å². The predicted molar refractivity (Wildman–Crippen MR) is 88.9 cm³/mol. The molecule has 0 unspecified atom stereocenters. The number of piperazine rings is 1. The molecule has 0 radical (unpaired) electrons. The third-order valence-corrected chi connectivity index (χ3v) is 7.37. The molecule has 1 aromatic carbocycles. The number of hydrogen-bond acceptors (Lipinski definition) is 3. The summed E-state index contributed by atoms with van der Waals surface area (Å²) in [5, 5.41) is 2.55. The van der Waals surface area contributed by atoms with Gasteiger partial charge in [0.2, 0.25) is 0 Å². The van der Waals surface area contributed by atoms with E-state index in [1.165, 1.54) is 21.8 Å². The van der Waals surface area contributed by atoms with Crippen LogP contribution in [0.15, 0.2) is 46.0 Å². The van der Waals surface area contributed by atoms with Crippen LogP contribution >= 0.6 is 22.9 Å². The van der Waals surface area contributed by atoms with Gasteiger partial charge in [-0.25, -0.2) is 8.42 Å². The summed E-state index contributed by atoms with van der Waals surface area (Å²) in [6.07, 6.45) is 0. The Morgan fingerprint density at radius 1 is 1.18 bits per heavy atom. The van der Waals surface area contributed by atoms with Gasteiger partial charge in [0, 0.05) is 10.6 Å². The van der Waals surface area contributed by atoms with Crippen molar-refractivity contribution in [3.63, 3.8) is 0 Å². The fourth-order valence-electron chi connectivity index (χ4n) is 2.69. The lowest BCUT2D eigenvalue weighted by molar-refractivity contribution is -0.917. The van der Waals surface area contributed by atoms with Crippen molar-refractivity contribution < 1.29 is 13.3 Å². The zero-order chi connectivity index (χ0) is 15.6. The smallest absolute Gasteiger partial charge is 0.252 e. The minimum absolute atomic E-state index is 0.436. The second-order valence-electron chi connectivity index (χ2n) is 5.39. The van der Waals surface area contributed by atoms with Crippen molar-refractivity contribution in [1.29, 1.82) is 0 Å². The van der Waals surface area contributed by atoms with Gasteiger partial charge in [0.25, 0.3) is 10.0 Å². The Hall–Kier alpha value is -0.920. The molecule has 1 saturated heterocycles. The van der Waals surface area contributed by atoms with E-state index >= 15 is 0 Å². The van der Waals surface area contributed by atoms with Crippen molar-refractivity contribution in [1.82, 2.24) is 4.31 Å². The molecule has 2 aromatic rings. The second kappa shape index (κ2) is 6.68. The Balaban J connectivity index is 1.61. The Kier molecular flexibility index (Phi) is 4.84. The average molecular weight is 358 g/mol. The molecule has 1 fully saturated rings. The summed E-state index contributed by atoms with van der Waals surface area (Å²) in [5.74, 6) is 0. The molecule has 1 aliphatic rings. The average Bonchev–Trinajstić information content (AvgIpc) is 3.03. The summed E-state index contributed by atoms with van der Waals surface area (Å²) in [6.45, 7) is 3.65. The number of benzene rings is 1. The number of thiophene rings is 1. The van der Waals surface area contributed by atoms with Crippen LogP contribution in [0.3, 0.4) is 0 Å². The van der Waals surface area contributed by atoms with E-state index in [9.17, 15) is 8.42 Å². The molecule has 7 heteroatoms. The number of nitrogens with zero attached hydrogens (tertiary/aromatic N) is 1. The van der Waals surface area contributed by atoms with Crippen LogP contribution in [0.4, 0.5) is 0 Å². The third kappa shape index (κ3) is 3.52. The van der Waals surface area contributed by atoms with Crippen molar-refractivity contribution in [3.8, 4) is 0 Å². The standard InChI is InChI=1S/C15H17ClN2O2S2/c16-14-4-1-3-13(11-14)12-17-6-8-18(9-7-17)22(19,20)15-5-2-10-21-15/h1-5,10-11H,6-9,12H2/p+1. The summed E-state index contributed by atoms with van der Waals surface area (Å²) in [4.78, 5) is 1.39. The van der Waals surface area contributed by atoms with Gasteiger partial charge in [-0.2, -0.15) is 4.31 Å². The molecule has 1 N–H and O–H groups in total. The van der Waals surface area contributed by atoms with Gasteiger partial charge in [-0.1, -0.05) is 29.8 Å². The molecule has 0 atom stereocenters. The molecule has 118 valence electrons. The molecule has 0 bridgehead atoms. The highest BCUT2D eigenvalue weighted by Crippen LogP contribution is 2.20. The first-order chi connectivity index (χ1) is 10.6. The summed E-state index contributed by atoms with van der Waals surface area (Å²) in [5.41, 5.74) is 1.19. The molecule has 0 saturated carbocycles. The maximum Gasteiger partial charge on any atom is 0.252 e. The first kappa shape index (κ1) is 16.0. The van der Waals surface area contributed by atoms with Crippen molar-refractivity contribution in [3.05, 3.63) is 52.4 Å². The van der Waals surface area contributed by atoms with E-state index in [0.29, 0.717) is 17.3 Å². The van der Waals surface area contributed by atoms with Crippen LogP contribution in [-0.2, 0) is 16.6 Å². The minimum atomic E-state index is -3.30. The highest BCUT2D eigenvalue weighted by Gasteiger charge is 2.30. The van der Waals surface area contributed by atoms with Crippen LogP contribution in [0.1, 0.15) is 5.56 Å². The SMILES string of the molecule is O=S(=O)(c1cccs1)N1CC[NH+](Cc2cccc(Cl)c2)CC1. The van der Waals surface area contributed by atoms with Crippen LogP contribution in [0.5, 0.6) is 0 Å². The molecule has 0 amide bonds. The molecule has 3 rings (SSSR count). The molecular formula is C15H18ClN2O2S2+. The highest BCUT2D eigenvalue weighted by molar-refractivity contribution is 7.91. The van der Waals surface area contributed by atoms with Crippen molar-refractivity contribution in [2.75, 3.05) is 26.2 Å². The molecule has 1 aliphatic heterocycles. The van der Waals surface area contributed by atoms with Crippen LogP contribution in [0.2, 0.25) is 5.02 Å². The van der Waals surface area contributed by atoms with E-state index in [2.05, 4.69) is 6.07 Å². The molecule has 0 spiro atoms. The number of hydrogen-bond donors (Lipinski definition) is 1. The first-order valence-electron chi connectivity index (χ1n) is 7.17.